The van der Waals surface area contributed by atoms with Gasteiger partial charge in [0.2, 0.25) is 5.88 Å². The van der Waals surface area contributed by atoms with Crippen LogP contribution in [0.5, 0.6) is 17.4 Å². The highest BCUT2D eigenvalue weighted by atomic mass is 16.5. The first kappa shape index (κ1) is 11.8. The second-order valence-corrected chi connectivity index (χ2v) is 3.33. The van der Waals surface area contributed by atoms with Crippen molar-refractivity contribution in [1.82, 2.24) is 9.97 Å². The summed E-state index contributed by atoms with van der Waals surface area (Å²) in [6.07, 6.45) is 2.39. The van der Waals surface area contributed by atoms with Gasteiger partial charge in [-0.15, -0.1) is 0 Å². The number of methoxy groups -OCH3 is 1. The van der Waals surface area contributed by atoms with Crippen molar-refractivity contribution in [3.63, 3.8) is 0 Å². The van der Waals surface area contributed by atoms with Crippen molar-refractivity contribution in [1.29, 1.82) is 0 Å². The third-order valence-electron chi connectivity index (χ3n) is 2.11. The highest BCUT2D eigenvalue weighted by Crippen LogP contribution is 2.23. The molecule has 6 heteroatoms. The number of hydrogen-bond acceptors (Lipinski definition) is 5. The van der Waals surface area contributed by atoms with Crippen LogP contribution in [0.2, 0.25) is 0 Å². The van der Waals surface area contributed by atoms with Gasteiger partial charge >= 0.3 is 5.97 Å². The normalized spacial score (nSPS) is 9.83. The summed E-state index contributed by atoms with van der Waals surface area (Å²) in [4.78, 5) is 18.1. The zero-order valence-corrected chi connectivity index (χ0v) is 9.53. The maximum Gasteiger partial charge on any atom is 0.356 e. The van der Waals surface area contributed by atoms with E-state index in [1.807, 2.05) is 0 Å². The molecule has 1 heterocycles. The number of carboxylic acids is 1. The summed E-state index contributed by atoms with van der Waals surface area (Å²) in [5.74, 6) is 0.276. The first-order valence-corrected chi connectivity index (χ1v) is 5.06. The molecule has 0 atom stereocenters. The number of aromatic carboxylic acids is 1. The maximum atomic E-state index is 10.6. The van der Waals surface area contributed by atoms with E-state index in [2.05, 4.69) is 9.97 Å². The molecule has 0 amide bonds. The second kappa shape index (κ2) is 5.13. The molecule has 92 valence electrons. The molecular weight excluding hydrogens is 236 g/mol. The Balaban J connectivity index is 2.15. The number of hydrogen-bond donors (Lipinski definition) is 1. The number of ether oxygens (including phenoxy) is 2. The zero-order valence-electron chi connectivity index (χ0n) is 9.53. The molecule has 0 saturated carbocycles. The highest BCUT2D eigenvalue weighted by molar-refractivity contribution is 5.84. The number of nitrogens with zero attached hydrogens (tertiary/aromatic N) is 2. The van der Waals surface area contributed by atoms with Gasteiger partial charge in [-0.1, -0.05) is 6.07 Å². The minimum Gasteiger partial charge on any atom is -0.497 e. The van der Waals surface area contributed by atoms with Crippen molar-refractivity contribution in [3.05, 3.63) is 42.4 Å². The first-order chi connectivity index (χ1) is 8.69. The molecular formula is C12H10N2O4. The fourth-order valence-corrected chi connectivity index (χ4v) is 1.26. The molecule has 0 saturated heterocycles. The fraction of sp³-hybridized carbons (Fsp3) is 0.0833. The Bertz CT molecular complexity index is 554. The Morgan fingerprint density at radius 1 is 1.22 bits per heavy atom. The van der Waals surface area contributed by atoms with Gasteiger partial charge in [0.25, 0.3) is 0 Å². The predicted octanol–water partition coefficient (Wildman–Crippen LogP) is 1.98. The van der Waals surface area contributed by atoms with Crippen LogP contribution in [-0.2, 0) is 0 Å². The quantitative estimate of drug-likeness (QED) is 0.888. The molecule has 0 fully saturated rings. The van der Waals surface area contributed by atoms with Crippen LogP contribution in [0.4, 0.5) is 0 Å². The van der Waals surface area contributed by atoms with Gasteiger partial charge in [-0.05, 0) is 12.1 Å². The van der Waals surface area contributed by atoms with Gasteiger partial charge in [0.1, 0.15) is 11.5 Å². The molecule has 1 aromatic carbocycles. The zero-order chi connectivity index (χ0) is 13.0. The van der Waals surface area contributed by atoms with E-state index in [1.165, 1.54) is 6.20 Å². The number of aromatic nitrogens is 2. The van der Waals surface area contributed by atoms with E-state index in [-0.39, 0.29) is 11.6 Å². The predicted molar refractivity (Wildman–Crippen MR) is 62.1 cm³/mol. The highest BCUT2D eigenvalue weighted by Gasteiger charge is 2.06. The van der Waals surface area contributed by atoms with E-state index in [9.17, 15) is 4.79 Å². The van der Waals surface area contributed by atoms with E-state index >= 15 is 0 Å². The van der Waals surface area contributed by atoms with Gasteiger partial charge in [-0.3, -0.25) is 0 Å². The lowest BCUT2D eigenvalue weighted by atomic mass is 10.3. The number of rotatable bonds is 4. The lowest BCUT2D eigenvalue weighted by molar-refractivity contribution is 0.0690. The Morgan fingerprint density at radius 2 is 2.00 bits per heavy atom. The van der Waals surface area contributed by atoms with E-state index < -0.39 is 5.97 Å². The van der Waals surface area contributed by atoms with Gasteiger partial charge in [0.15, 0.2) is 5.69 Å². The van der Waals surface area contributed by atoms with Crippen molar-refractivity contribution in [2.45, 2.75) is 0 Å². The molecule has 0 spiro atoms. The lowest BCUT2D eigenvalue weighted by Gasteiger charge is -2.05. The Kier molecular flexibility index (Phi) is 3.38. The lowest BCUT2D eigenvalue weighted by Crippen LogP contribution is -2.01. The Hall–Kier alpha value is -2.63. The van der Waals surface area contributed by atoms with Crippen LogP contribution in [0.1, 0.15) is 10.5 Å². The first-order valence-electron chi connectivity index (χ1n) is 5.06. The van der Waals surface area contributed by atoms with Crippen molar-refractivity contribution < 1.29 is 19.4 Å². The summed E-state index contributed by atoms with van der Waals surface area (Å²) in [5, 5.41) is 8.67. The molecule has 2 rings (SSSR count). The summed E-state index contributed by atoms with van der Waals surface area (Å²) in [6, 6.07) is 6.97. The summed E-state index contributed by atoms with van der Waals surface area (Å²) in [7, 11) is 1.56. The molecule has 0 aliphatic rings. The number of carboxylic acid groups (broad SMARTS) is 1. The van der Waals surface area contributed by atoms with Crippen LogP contribution in [0.3, 0.4) is 0 Å². The average Bonchev–Trinajstić information content (AvgIpc) is 2.39. The third-order valence-corrected chi connectivity index (χ3v) is 2.11. The van der Waals surface area contributed by atoms with Gasteiger partial charge in [-0.25, -0.2) is 14.8 Å². The SMILES string of the molecule is COc1cccc(Oc2cnc(C(=O)O)cn2)c1. The Morgan fingerprint density at radius 3 is 2.61 bits per heavy atom. The van der Waals surface area contributed by atoms with Crippen molar-refractivity contribution >= 4 is 5.97 Å². The van der Waals surface area contributed by atoms with E-state index in [1.54, 1.807) is 31.4 Å². The molecule has 0 aliphatic heterocycles. The molecule has 0 aliphatic carbocycles. The minimum atomic E-state index is -1.13. The number of benzene rings is 1. The van der Waals surface area contributed by atoms with Gasteiger partial charge < -0.3 is 14.6 Å². The smallest absolute Gasteiger partial charge is 0.356 e. The van der Waals surface area contributed by atoms with Gasteiger partial charge in [-0.2, -0.15) is 0 Å². The molecule has 6 nitrogen and oxygen atoms in total. The van der Waals surface area contributed by atoms with E-state index in [4.69, 9.17) is 14.6 Å². The fourth-order valence-electron chi connectivity index (χ4n) is 1.26. The maximum absolute atomic E-state index is 10.6. The molecule has 1 N–H and O–H groups in total. The summed E-state index contributed by atoms with van der Waals surface area (Å²) in [5.41, 5.74) is -0.131. The third kappa shape index (κ3) is 2.73. The topological polar surface area (TPSA) is 81.5 Å². The summed E-state index contributed by atoms with van der Waals surface area (Å²) in [6.45, 7) is 0. The number of carbonyl (C=O) groups is 1. The average molecular weight is 246 g/mol. The van der Waals surface area contributed by atoms with Crippen LogP contribution >= 0.6 is 0 Å². The largest absolute Gasteiger partial charge is 0.497 e. The standard InChI is InChI=1S/C12H10N2O4/c1-17-8-3-2-4-9(5-8)18-11-7-13-10(6-14-11)12(15)16/h2-7H,1H3,(H,15,16). The van der Waals surface area contributed by atoms with Crippen LogP contribution in [0, 0.1) is 0 Å². The van der Waals surface area contributed by atoms with Crippen molar-refractivity contribution in [3.8, 4) is 17.4 Å². The Labute approximate surface area is 103 Å². The molecule has 0 radical (unpaired) electrons. The van der Waals surface area contributed by atoms with E-state index in [0.29, 0.717) is 11.5 Å². The summed E-state index contributed by atoms with van der Waals surface area (Å²) < 4.78 is 10.5. The molecule has 0 bridgehead atoms. The van der Waals surface area contributed by atoms with Crippen LogP contribution in [0.15, 0.2) is 36.7 Å². The van der Waals surface area contributed by atoms with Crippen LogP contribution in [-0.4, -0.2) is 28.2 Å². The van der Waals surface area contributed by atoms with Gasteiger partial charge in [0.05, 0.1) is 19.5 Å². The second-order valence-electron chi connectivity index (χ2n) is 3.33. The molecule has 1 aromatic heterocycles. The van der Waals surface area contributed by atoms with Crippen molar-refractivity contribution in [2.75, 3.05) is 7.11 Å². The van der Waals surface area contributed by atoms with Crippen molar-refractivity contribution in [2.24, 2.45) is 0 Å². The molecule has 2 aromatic rings. The van der Waals surface area contributed by atoms with Crippen LogP contribution in [0.25, 0.3) is 0 Å². The summed E-state index contributed by atoms with van der Waals surface area (Å²) >= 11 is 0. The minimum absolute atomic E-state index is 0.131. The molecule has 18 heavy (non-hydrogen) atoms. The van der Waals surface area contributed by atoms with Crippen LogP contribution < -0.4 is 9.47 Å². The van der Waals surface area contributed by atoms with Gasteiger partial charge in [0, 0.05) is 6.07 Å². The van der Waals surface area contributed by atoms with E-state index in [0.717, 1.165) is 6.20 Å². The monoisotopic (exact) mass is 246 g/mol. The molecule has 0 unspecified atom stereocenters.